The van der Waals surface area contributed by atoms with Gasteiger partial charge in [-0.2, -0.15) is 10.3 Å². The highest BCUT2D eigenvalue weighted by molar-refractivity contribution is 5.98. The molecule has 0 fully saturated rings. The Hall–Kier alpha value is -1.90. The van der Waals surface area contributed by atoms with E-state index in [1.54, 1.807) is 12.1 Å². The highest BCUT2D eigenvalue weighted by atomic mass is 16.5. The highest BCUT2D eigenvalue weighted by Gasteiger charge is 2.29. The number of nitriles is 1. The van der Waals surface area contributed by atoms with Crippen LogP contribution in [0.1, 0.15) is 11.1 Å². The second kappa shape index (κ2) is 3.35. The number of benzene rings is 1. The number of nitrogens with zero attached hydrogens (tertiary/aromatic N) is 2. The molecule has 5 nitrogen and oxygen atoms in total. The predicted octanol–water partition coefficient (Wildman–Crippen LogP) is 0.164. The normalized spacial score (nSPS) is 19.7. The van der Waals surface area contributed by atoms with Crippen molar-refractivity contribution in [2.75, 3.05) is 5.06 Å². The van der Waals surface area contributed by atoms with Gasteiger partial charge in [-0.15, -0.1) is 0 Å². The van der Waals surface area contributed by atoms with E-state index in [2.05, 4.69) is 0 Å². The molecule has 0 radical (unpaired) electrons. The summed E-state index contributed by atoms with van der Waals surface area (Å²) in [6, 6.07) is 6.03. The Morgan fingerprint density at radius 3 is 3.00 bits per heavy atom. The molecule has 0 saturated carbocycles. The largest absolute Gasteiger partial charge is 0.320 e. The molecule has 0 unspecified atom stereocenters. The van der Waals surface area contributed by atoms with E-state index in [-0.39, 0.29) is 0 Å². The van der Waals surface area contributed by atoms with Gasteiger partial charge in [0, 0.05) is 0 Å². The third-order valence-electron chi connectivity index (χ3n) is 2.41. The number of anilines is 1. The van der Waals surface area contributed by atoms with Gasteiger partial charge >= 0.3 is 0 Å². The molecule has 1 aliphatic heterocycles. The molecule has 0 aromatic heterocycles. The number of hydrogen-bond acceptors (Lipinski definition) is 4. The molecular formula is C10H9N3O2. The lowest BCUT2D eigenvalue weighted by molar-refractivity contribution is -0.125. The number of carbonyl (C=O) groups is 1. The molecule has 1 amide bonds. The first-order valence-corrected chi connectivity index (χ1v) is 4.45. The van der Waals surface area contributed by atoms with Crippen LogP contribution < -0.4 is 10.8 Å². The van der Waals surface area contributed by atoms with Crippen LogP contribution in [-0.2, 0) is 11.2 Å². The van der Waals surface area contributed by atoms with Crippen LogP contribution in [0.4, 0.5) is 5.69 Å². The molecule has 0 aliphatic carbocycles. The molecule has 15 heavy (non-hydrogen) atoms. The molecule has 0 saturated heterocycles. The first-order valence-electron chi connectivity index (χ1n) is 4.45. The topological polar surface area (TPSA) is 90.4 Å². The van der Waals surface area contributed by atoms with Crippen LogP contribution >= 0.6 is 0 Å². The van der Waals surface area contributed by atoms with Gasteiger partial charge in [0.05, 0.1) is 23.4 Å². The quantitative estimate of drug-likeness (QED) is 0.588. The molecule has 2 rings (SSSR count). The smallest absolute Gasteiger partial charge is 0.267 e. The summed E-state index contributed by atoms with van der Waals surface area (Å²) in [4.78, 5) is 11.4. The number of nitrogens with two attached hydrogens (primary N) is 1. The number of amides is 1. The first kappa shape index (κ1) is 9.65. The Labute approximate surface area is 86.3 Å². The third-order valence-corrected chi connectivity index (χ3v) is 2.41. The monoisotopic (exact) mass is 203 g/mol. The van der Waals surface area contributed by atoms with Crippen LogP contribution in [0, 0.1) is 11.3 Å². The van der Waals surface area contributed by atoms with E-state index >= 15 is 0 Å². The molecule has 0 bridgehead atoms. The standard InChI is InChI=1S/C10H9N3O2/c11-5-6-1-2-7-4-8(12)10(14)13(15)9(7)3-6/h1-3,8,15H,4,12H2/t8-/m0/s1. The van der Waals surface area contributed by atoms with Gasteiger partial charge in [-0.25, -0.2) is 0 Å². The van der Waals surface area contributed by atoms with Gasteiger partial charge in [0.15, 0.2) is 0 Å². The van der Waals surface area contributed by atoms with Crippen molar-refractivity contribution < 1.29 is 10.0 Å². The summed E-state index contributed by atoms with van der Waals surface area (Å²) >= 11 is 0. The van der Waals surface area contributed by atoms with E-state index in [4.69, 9.17) is 11.0 Å². The van der Waals surface area contributed by atoms with Gasteiger partial charge < -0.3 is 5.73 Å². The summed E-state index contributed by atoms with van der Waals surface area (Å²) in [5.74, 6) is -0.544. The van der Waals surface area contributed by atoms with Gasteiger partial charge in [-0.05, 0) is 24.1 Å². The van der Waals surface area contributed by atoms with E-state index in [9.17, 15) is 10.0 Å². The molecule has 1 atom stereocenters. The molecular weight excluding hydrogens is 194 g/mol. The fourth-order valence-corrected chi connectivity index (χ4v) is 1.60. The number of hydrogen-bond donors (Lipinski definition) is 2. The lowest BCUT2D eigenvalue weighted by Crippen LogP contribution is -2.47. The summed E-state index contributed by atoms with van der Waals surface area (Å²) in [6.07, 6.45) is 0.386. The molecule has 76 valence electrons. The lowest BCUT2D eigenvalue weighted by atomic mass is 9.98. The van der Waals surface area contributed by atoms with Gasteiger partial charge in [0.1, 0.15) is 0 Å². The fourth-order valence-electron chi connectivity index (χ4n) is 1.60. The van der Waals surface area contributed by atoms with Gasteiger partial charge in [-0.1, -0.05) is 6.07 Å². The average Bonchev–Trinajstić information content (AvgIpc) is 2.26. The molecule has 0 spiro atoms. The van der Waals surface area contributed by atoms with Gasteiger partial charge in [0.25, 0.3) is 5.91 Å². The van der Waals surface area contributed by atoms with E-state index in [0.717, 1.165) is 5.56 Å². The van der Waals surface area contributed by atoms with Crippen LogP contribution in [0.2, 0.25) is 0 Å². The summed E-state index contributed by atoms with van der Waals surface area (Å²) in [5.41, 5.74) is 7.05. The number of hydroxylamine groups is 1. The van der Waals surface area contributed by atoms with Crippen molar-refractivity contribution in [2.45, 2.75) is 12.5 Å². The maximum atomic E-state index is 11.4. The zero-order valence-electron chi connectivity index (χ0n) is 7.84. The summed E-state index contributed by atoms with van der Waals surface area (Å²) in [7, 11) is 0. The van der Waals surface area contributed by atoms with E-state index in [1.165, 1.54) is 6.07 Å². The van der Waals surface area contributed by atoms with Crippen LogP contribution in [0.15, 0.2) is 18.2 Å². The molecule has 1 aromatic rings. The van der Waals surface area contributed by atoms with Gasteiger partial charge in [0.2, 0.25) is 0 Å². The van der Waals surface area contributed by atoms with Crippen LogP contribution in [0.25, 0.3) is 0 Å². The number of carbonyl (C=O) groups excluding carboxylic acids is 1. The first-order chi connectivity index (χ1) is 7.13. The lowest BCUT2D eigenvalue weighted by Gasteiger charge is -2.27. The Balaban J connectivity index is 2.52. The summed E-state index contributed by atoms with van der Waals surface area (Å²) < 4.78 is 0. The molecule has 1 aromatic carbocycles. The molecule has 1 heterocycles. The SMILES string of the molecule is N#Cc1ccc2c(c1)N(O)C(=O)[C@@H](N)C2. The second-order valence-corrected chi connectivity index (χ2v) is 3.42. The van der Waals surface area contributed by atoms with Crippen molar-refractivity contribution in [1.29, 1.82) is 5.26 Å². The number of fused-ring (bicyclic) bond motifs is 1. The maximum Gasteiger partial charge on any atom is 0.267 e. The van der Waals surface area contributed by atoms with Crippen LogP contribution in [0.3, 0.4) is 0 Å². The van der Waals surface area contributed by atoms with E-state index in [0.29, 0.717) is 22.7 Å². The zero-order valence-corrected chi connectivity index (χ0v) is 7.84. The molecule has 5 heteroatoms. The minimum Gasteiger partial charge on any atom is -0.320 e. The number of rotatable bonds is 0. The van der Waals surface area contributed by atoms with Crippen molar-refractivity contribution in [3.8, 4) is 6.07 Å². The Kier molecular flexibility index (Phi) is 2.15. The third kappa shape index (κ3) is 1.46. The van der Waals surface area contributed by atoms with Crippen molar-refractivity contribution in [2.24, 2.45) is 5.73 Å². The predicted molar refractivity (Wildman–Crippen MR) is 52.1 cm³/mol. The van der Waals surface area contributed by atoms with Crippen LogP contribution in [-0.4, -0.2) is 17.2 Å². The Morgan fingerprint density at radius 2 is 2.33 bits per heavy atom. The van der Waals surface area contributed by atoms with Crippen LogP contribution in [0.5, 0.6) is 0 Å². The van der Waals surface area contributed by atoms with Crippen molar-refractivity contribution in [1.82, 2.24) is 0 Å². The zero-order chi connectivity index (χ0) is 11.0. The van der Waals surface area contributed by atoms with E-state index < -0.39 is 11.9 Å². The Morgan fingerprint density at radius 1 is 1.60 bits per heavy atom. The maximum absolute atomic E-state index is 11.4. The van der Waals surface area contributed by atoms with Gasteiger partial charge in [-0.3, -0.25) is 10.0 Å². The average molecular weight is 203 g/mol. The minimum absolute atomic E-state index is 0.348. The second-order valence-electron chi connectivity index (χ2n) is 3.42. The molecule has 3 N–H and O–H groups in total. The summed E-state index contributed by atoms with van der Waals surface area (Å²) in [6.45, 7) is 0. The van der Waals surface area contributed by atoms with E-state index in [1.807, 2.05) is 6.07 Å². The van der Waals surface area contributed by atoms with Crippen molar-refractivity contribution >= 4 is 11.6 Å². The highest BCUT2D eigenvalue weighted by Crippen LogP contribution is 2.26. The summed E-state index contributed by atoms with van der Waals surface area (Å²) in [5, 5.41) is 18.7. The minimum atomic E-state index is -0.713. The molecule has 1 aliphatic rings. The van der Waals surface area contributed by atoms with Crippen molar-refractivity contribution in [3.05, 3.63) is 29.3 Å². The van der Waals surface area contributed by atoms with Crippen molar-refractivity contribution in [3.63, 3.8) is 0 Å². The Bertz CT molecular complexity index is 464. The fraction of sp³-hybridized carbons (Fsp3) is 0.200.